The van der Waals surface area contributed by atoms with Crippen LogP contribution in [-0.4, -0.2) is 29.0 Å². The van der Waals surface area contributed by atoms with Gasteiger partial charge in [-0.15, -0.1) is 0 Å². The summed E-state index contributed by atoms with van der Waals surface area (Å²) >= 11 is 0. The lowest BCUT2D eigenvalue weighted by Gasteiger charge is -2.27. The monoisotopic (exact) mass is 251 g/mol. The van der Waals surface area contributed by atoms with Gasteiger partial charge in [0.15, 0.2) is 0 Å². The van der Waals surface area contributed by atoms with Crippen molar-refractivity contribution in [3.05, 3.63) is 34.7 Å². The van der Waals surface area contributed by atoms with E-state index >= 15 is 0 Å². The molecule has 1 aromatic rings. The minimum Gasteiger partial charge on any atom is -0.396 e. The summed E-state index contributed by atoms with van der Waals surface area (Å²) in [6, 6.07) is 5.16. The summed E-state index contributed by atoms with van der Waals surface area (Å²) < 4.78 is 7.46. The third kappa shape index (κ3) is 3.68. The first-order valence-electron chi connectivity index (χ1n) is 6.67. The van der Waals surface area contributed by atoms with Crippen molar-refractivity contribution >= 4 is 0 Å². The van der Waals surface area contributed by atoms with Gasteiger partial charge in [0, 0.05) is 25.4 Å². The maximum Gasteiger partial charge on any atom is 0.250 e. The van der Waals surface area contributed by atoms with Gasteiger partial charge in [-0.1, -0.05) is 6.07 Å². The molecule has 2 rings (SSSR count). The van der Waals surface area contributed by atoms with Crippen molar-refractivity contribution in [2.24, 2.45) is 5.92 Å². The highest BCUT2D eigenvalue weighted by molar-refractivity contribution is 4.93. The first-order valence-corrected chi connectivity index (χ1v) is 6.67. The van der Waals surface area contributed by atoms with Gasteiger partial charge in [-0.25, -0.2) is 0 Å². The minimum atomic E-state index is 0.0186. The van der Waals surface area contributed by atoms with Crippen LogP contribution >= 0.6 is 0 Å². The van der Waals surface area contributed by atoms with Gasteiger partial charge in [0.2, 0.25) is 0 Å². The van der Waals surface area contributed by atoms with E-state index in [1.165, 1.54) is 0 Å². The molecular weight excluding hydrogens is 230 g/mol. The second-order valence-corrected chi connectivity index (χ2v) is 4.93. The van der Waals surface area contributed by atoms with Crippen molar-refractivity contribution in [1.29, 1.82) is 0 Å². The molecule has 1 fully saturated rings. The molecule has 4 nitrogen and oxygen atoms in total. The summed E-state index contributed by atoms with van der Waals surface area (Å²) in [6.45, 7) is 1.49. The van der Waals surface area contributed by atoms with E-state index in [2.05, 4.69) is 0 Å². The molecule has 0 atom stereocenters. The maximum absolute atomic E-state index is 11.5. The zero-order chi connectivity index (χ0) is 12.8. The number of hydrogen-bond acceptors (Lipinski definition) is 3. The number of pyridine rings is 1. The molecule has 1 saturated carbocycles. The first kappa shape index (κ1) is 13.3. The van der Waals surface area contributed by atoms with Crippen LogP contribution in [0.15, 0.2) is 29.2 Å². The fourth-order valence-electron chi connectivity index (χ4n) is 2.44. The average Bonchev–Trinajstić information content (AvgIpc) is 2.42. The molecule has 1 aliphatic rings. The van der Waals surface area contributed by atoms with Crippen LogP contribution in [0.2, 0.25) is 0 Å². The Kier molecular flexibility index (Phi) is 4.96. The predicted octanol–water partition coefficient (Wildman–Crippen LogP) is 1.42. The Bertz CT molecular complexity index is 408. The molecule has 1 aliphatic carbocycles. The SMILES string of the molecule is O=c1ccccn1CCOC1CCC(CO)CC1. The van der Waals surface area contributed by atoms with Crippen LogP contribution in [0.1, 0.15) is 25.7 Å². The molecule has 1 aromatic heterocycles. The highest BCUT2D eigenvalue weighted by Gasteiger charge is 2.20. The fourth-order valence-corrected chi connectivity index (χ4v) is 2.44. The van der Waals surface area contributed by atoms with E-state index in [0.717, 1.165) is 25.7 Å². The lowest BCUT2D eigenvalue weighted by molar-refractivity contribution is 0.00753. The smallest absolute Gasteiger partial charge is 0.250 e. The van der Waals surface area contributed by atoms with Crippen molar-refractivity contribution in [3.8, 4) is 0 Å². The Labute approximate surface area is 107 Å². The molecule has 18 heavy (non-hydrogen) atoms. The molecule has 0 aliphatic heterocycles. The highest BCUT2D eigenvalue weighted by atomic mass is 16.5. The van der Waals surface area contributed by atoms with Gasteiger partial charge in [0.05, 0.1) is 12.7 Å². The lowest BCUT2D eigenvalue weighted by atomic mass is 9.88. The second-order valence-electron chi connectivity index (χ2n) is 4.93. The molecule has 100 valence electrons. The predicted molar refractivity (Wildman–Crippen MR) is 69.5 cm³/mol. The standard InChI is InChI=1S/C14H21NO3/c16-11-12-4-6-13(7-5-12)18-10-9-15-8-2-1-3-14(15)17/h1-3,8,12-13,16H,4-7,9-11H2. The van der Waals surface area contributed by atoms with Gasteiger partial charge in [-0.2, -0.15) is 0 Å². The van der Waals surface area contributed by atoms with Crippen LogP contribution < -0.4 is 5.56 Å². The average molecular weight is 251 g/mol. The Balaban J connectivity index is 1.70. The van der Waals surface area contributed by atoms with Crippen LogP contribution in [0.25, 0.3) is 0 Å². The number of aliphatic hydroxyl groups excluding tert-OH is 1. The molecule has 4 heteroatoms. The molecule has 0 spiro atoms. The third-order valence-corrected chi connectivity index (χ3v) is 3.64. The summed E-state index contributed by atoms with van der Waals surface area (Å²) in [5, 5.41) is 9.05. The minimum absolute atomic E-state index is 0.0186. The molecule has 0 saturated heterocycles. The Morgan fingerprint density at radius 1 is 1.28 bits per heavy atom. The van der Waals surface area contributed by atoms with Crippen molar-refractivity contribution in [2.75, 3.05) is 13.2 Å². The van der Waals surface area contributed by atoms with Gasteiger partial charge >= 0.3 is 0 Å². The zero-order valence-corrected chi connectivity index (χ0v) is 10.6. The van der Waals surface area contributed by atoms with E-state index in [4.69, 9.17) is 9.84 Å². The molecular formula is C14H21NO3. The van der Waals surface area contributed by atoms with E-state index in [1.54, 1.807) is 22.9 Å². The molecule has 1 heterocycles. The molecule has 0 radical (unpaired) electrons. The van der Waals surface area contributed by atoms with Crippen molar-refractivity contribution in [1.82, 2.24) is 4.57 Å². The van der Waals surface area contributed by atoms with Crippen molar-refractivity contribution in [2.45, 2.75) is 38.3 Å². The summed E-state index contributed by atoms with van der Waals surface area (Å²) in [5.74, 6) is 0.460. The van der Waals surface area contributed by atoms with Crippen LogP contribution in [-0.2, 0) is 11.3 Å². The van der Waals surface area contributed by atoms with Gasteiger partial charge in [-0.05, 0) is 37.7 Å². The summed E-state index contributed by atoms with van der Waals surface area (Å²) in [4.78, 5) is 11.5. The Morgan fingerprint density at radius 2 is 2.06 bits per heavy atom. The Hall–Kier alpha value is -1.13. The highest BCUT2D eigenvalue weighted by Crippen LogP contribution is 2.25. The number of aromatic nitrogens is 1. The first-order chi connectivity index (χ1) is 8.79. The van der Waals surface area contributed by atoms with Crippen molar-refractivity contribution in [3.63, 3.8) is 0 Å². The molecule has 0 unspecified atom stereocenters. The number of hydrogen-bond donors (Lipinski definition) is 1. The van der Waals surface area contributed by atoms with E-state index < -0.39 is 0 Å². The van der Waals surface area contributed by atoms with Crippen LogP contribution in [0.3, 0.4) is 0 Å². The van der Waals surface area contributed by atoms with E-state index in [-0.39, 0.29) is 5.56 Å². The summed E-state index contributed by atoms with van der Waals surface area (Å²) in [7, 11) is 0. The maximum atomic E-state index is 11.5. The zero-order valence-electron chi connectivity index (χ0n) is 10.6. The van der Waals surface area contributed by atoms with Crippen LogP contribution in [0.4, 0.5) is 0 Å². The summed E-state index contributed by atoms with van der Waals surface area (Å²) in [5.41, 5.74) is 0.0186. The summed E-state index contributed by atoms with van der Waals surface area (Å²) in [6.07, 6.45) is 6.23. The molecule has 0 amide bonds. The van der Waals surface area contributed by atoms with E-state index in [1.807, 2.05) is 6.07 Å². The lowest BCUT2D eigenvalue weighted by Crippen LogP contribution is -2.26. The number of rotatable bonds is 5. The van der Waals surface area contributed by atoms with E-state index in [9.17, 15) is 4.79 Å². The normalized spacial score (nSPS) is 24.1. The van der Waals surface area contributed by atoms with Gasteiger partial charge in [0.25, 0.3) is 5.56 Å². The van der Waals surface area contributed by atoms with Gasteiger partial charge in [-0.3, -0.25) is 4.79 Å². The largest absolute Gasteiger partial charge is 0.396 e. The third-order valence-electron chi connectivity index (χ3n) is 3.64. The van der Waals surface area contributed by atoms with E-state index in [0.29, 0.717) is 31.8 Å². The quantitative estimate of drug-likeness (QED) is 0.861. The van der Waals surface area contributed by atoms with Crippen LogP contribution in [0, 0.1) is 5.92 Å². The number of nitrogens with zero attached hydrogens (tertiary/aromatic N) is 1. The van der Waals surface area contributed by atoms with Crippen LogP contribution in [0.5, 0.6) is 0 Å². The number of aliphatic hydroxyl groups is 1. The van der Waals surface area contributed by atoms with Crippen molar-refractivity contribution < 1.29 is 9.84 Å². The number of ether oxygens (including phenoxy) is 1. The molecule has 0 aromatic carbocycles. The topological polar surface area (TPSA) is 51.5 Å². The molecule has 0 bridgehead atoms. The fraction of sp³-hybridized carbons (Fsp3) is 0.643. The van der Waals surface area contributed by atoms with Gasteiger partial charge < -0.3 is 14.4 Å². The molecule has 1 N–H and O–H groups in total. The van der Waals surface area contributed by atoms with Gasteiger partial charge in [0.1, 0.15) is 0 Å². The Morgan fingerprint density at radius 3 is 2.72 bits per heavy atom. The second kappa shape index (κ2) is 6.71.